The van der Waals surface area contributed by atoms with Gasteiger partial charge >= 0.3 is 0 Å². The van der Waals surface area contributed by atoms with Crippen LogP contribution in [0.4, 0.5) is 10.1 Å². The summed E-state index contributed by atoms with van der Waals surface area (Å²) in [7, 11) is 3.40. The molecule has 0 atom stereocenters. The highest BCUT2D eigenvalue weighted by Crippen LogP contribution is 2.22. The highest BCUT2D eigenvalue weighted by atomic mass is 127. The van der Waals surface area contributed by atoms with Crippen LogP contribution in [0, 0.1) is 5.82 Å². The Hall–Kier alpha value is -1.13. The molecule has 1 aliphatic rings. The second kappa shape index (κ2) is 11.8. The van der Waals surface area contributed by atoms with Gasteiger partial charge in [-0.3, -0.25) is 4.99 Å². The Kier molecular flexibility index (Phi) is 10.5. The molecule has 0 radical (unpaired) electrons. The van der Waals surface area contributed by atoms with Crippen LogP contribution in [0.15, 0.2) is 23.2 Å². The van der Waals surface area contributed by atoms with Crippen LogP contribution in [0.5, 0.6) is 0 Å². The van der Waals surface area contributed by atoms with Crippen molar-refractivity contribution in [1.82, 2.24) is 15.5 Å². The zero-order chi connectivity index (χ0) is 19.9. The van der Waals surface area contributed by atoms with Crippen LogP contribution in [0.2, 0.25) is 0 Å². The molecule has 160 valence electrons. The van der Waals surface area contributed by atoms with Gasteiger partial charge in [-0.15, -0.1) is 24.0 Å². The monoisotopic (exact) mass is 507 g/mol. The van der Waals surface area contributed by atoms with Gasteiger partial charge in [0.15, 0.2) is 5.96 Å². The highest BCUT2D eigenvalue weighted by molar-refractivity contribution is 14.0. The largest absolute Gasteiger partial charge is 0.377 e. The molecule has 0 amide bonds. The van der Waals surface area contributed by atoms with Crippen LogP contribution in [0.3, 0.4) is 0 Å². The van der Waals surface area contributed by atoms with E-state index < -0.39 is 0 Å². The smallest absolute Gasteiger partial charge is 0.191 e. The number of halogens is 2. The maximum Gasteiger partial charge on any atom is 0.191 e. The first-order valence-electron chi connectivity index (χ1n) is 9.64. The number of hydrogen-bond donors (Lipinski definition) is 2. The van der Waals surface area contributed by atoms with E-state index >= 15 is 0 Å². The molecule has 0 bridgehead atoms. The number of ether oxygens (including phenoxy) is 1. The molecule has 0 aromatic heterocycles. The number of benzene rings is 1. The lowest BCUT2D eigenvalue weighted by atomic mass is 10.1. The quantitative estimate of drug-likeness (QED) is 0.338. The lowest BCUT2D eigenvalue weighted by molar-refractivity contribution is 0.0268. The molecule has 2 rings (SSSR count). The molecule has 1 heterocycles. The molecule has 28 heavy (non-hydrogen) atoms. The molecule has 1 aromatic carbocycles. The minimum Gasteiger partial charge on any atom is -0.377 e. The van der Waals surface area contributed by atoms with E-state index in [9.17, 15) is 4.39 Å². The van der Waals surface area contributed by atoms with Crippen LogP contribution in [-0.2, 0) is 11.3 Å². The average molecular weight is 507 g/mol. The topological polar surface area (TPSA) is 52.1 Å². The van der Waals surface area contributed by atoms with Crippen molar-refractivity contribution in [3.63, 3.8) is 0 Å². The van der Waals surface area contributed by atoms with Crippen LogP contribution in [0.25, 0.3) is 0 Å². The van der Waals surface area contributed by atoms with Crippen molar-refractivity contribution in [3.8, 4) is 0 Å². The fourth-order valence-electron chi connectivity index (χ4n) is 3.00. The lowest BCUT2D eigenvalue weighted by Crippen LogP contribution is -2.46. The minimum atomic E-state index is -0.285. The van der Waals surface area contributed by atoms with Crippen molar-refractivity contribution < 1.29 is 9.13 Å². The molecule has 1 aliphatic heterocycles. The van der Waals surface area contributed by atoms with Gasteiger partial charge in [0.25, 0.3) is 0 Å². The third-order valence-corrected chi connectivity index (χ3v) is 5.09. The second-order valence-electron chi connectivity index (χ2n) is 7.45. The van der Waals surface area contributed by atoms with Crippen molar-refractivity contribution in [3.05, 3.63) is 29.6 Å². The van der Waals surface area contributed by atoms with E-state index in [4.69, 9.17) is 4.74 Å². The van der Waals surface area contributed by atoms with Crippen molar-refractivity contribution in [2.24, 2.45) is 4.99 Å². The Morgan fingerprint density at radius 2 is 1.89 bits per heavy atom. The van der Waals surface area contributed by atoms with Crippen LogP contribution < -0.4 is 15.5 Å². The zero-order valence-corrected chi connectivity index (χ0v) is 20.0. The second-order valence-corrected chi connectivity index (χ2v) is 7.45. The van der Waals surface area contributed by atoms with Gasteiger partial charge in [-0.1, -0.05) is 13.0 Å². The predicted octanol–water partition coefficient (Wildman–Crippen LogP) is 2.68. The molecule has 6 nitrogen and oxygen atoms in total. The maximum absolute atomic E-state index is 14.6. The number of aliphatic imine (C=N–C) groups is 1. The SMILES string of the molecule is CCN1CCN(c2ccc(CNC(=NC)NCC(C)(C)OC)cc2F)CC1.I. The Morgan fingerprint density at radius 3 is 2.43 bits per heavy atom. The molecule has 0 unspecified atom stereocenters. The van der Waals surface area contributed by atoms with Gasteiger partial charge in [-0.05, 0) is 38.1 Å². The van der Waals surface area contributed by atoms with Crippen molar-refractivity contribution in [2.75, 3.05) is 58.3 Å². The summed E-state index contributed by atoms with van der Waals surface area (Å²) in [5.41, 5.74) is 1.30. The molecular formula is C20H35FIN5O. The van der Waals surface area contributed by atoms with Gasteiger partial charge < -0.3 is 25.2 Å². The Bertz CT molecular complexity index is 633. The fraction of sp³-hybridized carbons (Fsp3) is 0.650. The van der Waals surface area contributed by atoms with Gasteiger partial charge in [-0.2, -0.15) is 0 Å². The van der Waals surface area contributed by atoms with Crippen molar-refractivity contribution in [1.29, 1.82) is 0 Å². The molecule has 1 aromatic rings. The van der Waals surface area contributed by atoms with Gasteiger partial charge in [0.05, 0.1) is 11.3 Å². The summed E-state index contributed by atoms with van der Waals surface area (Å²) in [6.07, 6.45) is 0. The molecule has 1 fully saturated rings. The average Bonchev–Trinajstić information content (AvgIpc) is 2.68. The number of methoxy groups -OCH3 is 1. The van der Waals surface area contributed by atoms with E-state index in [0.29, 0.717) is 24.7 Å². The van der Waals surface area contributed by atoms with E-state index in [1.54, 1.807) is 20.2 Å². The molecule has 8 heteroatoms. The number of likely N-dealkylation sites (N-methyl/N-ethyl adjacent to an activating group) is 1. The van der Waals surface area contributed by atoms with Crippen LogP contribution >= 0.6 is 24.0 Å². The lowest BCUT2D eigenvalue weighted by Gasteiger charge is -2.35. The molecule has 1 saturated heterocycles. The van der Waals surface area contributed by atoms with E-state index in [-0.39, 0.29) is 35.4 Å². The molecule has 0 aliphatic carbocycles. The third kappa shape index (κ3) is 7.36. The summed E-state index contributed by atoms with van der Waals surface area (Å²) in [5, 5.41) is 6.44. The van der Waals surface area contributed by atoms with Crippen LogP contribution in [-0.4, -0.2) is 69.9 Å². The number of nitrogens with one attached hydrogen (secondary N) is 2. The Labute approximate surface area is 185 Å². The summed E-state index contributed by atoms with van der Waals surface area (Å²) in [6, 6.07) is 5.48. The summed E-state index contributed by atoms with van der Waals surface area (Å²) >= 11 is 0. The van der Waals surface area contributed by atoms with Crippen molar-refractivity contribution >= 4 is 35.6 Å². The van der Waals surface area contributed by atoms with E-state index in [1.165, 1.54) is 0 Å². The van der Waals surface area contributed by atoms with Crippen LogP contribution in [0.1, 0.15) is 26.3 Å². The molecule has 2 N–H and O–H groups in total. The van der Waals surface area contributed by atoms with Crippen molar-refractivity contribution in [2.45, 2.75) is 32.9 Å². The first kappa shape index (κ1) is 24.9. The van der Waals surface area contributed by atoms with E-state index in [1.807, 2.05) is 26.0 Å². The summed E-state index contributed by atoms with van der Waals surface area (Å²) < 4.78 is 20.0. The summed E-state index contributed by atoms with van der Waals surface area (Å²) in [5.74, 6) is 0.503. The van der Waals surface area contributed by atoms with Gasteiger partial charge in [0.1, 0.15) is 5.82 Å². The van der Waals surface area contributed by atoms with E-state index in [0.717, 1.165) is 38.3 Å². The highest BCUT2D eigenvalue weighted by Gasteiger charge is 2.19. The Balaban J connectivity index is 0.00000392. The number of nitrogens with zero attached hydrogens (tertiary/aromatic N) is 3. The first-order valence-corrected chi connectivity index (χ1v) is 9.64. The summed E-state index contributed by atoms with van der Waals surface area (Å²) in [6.45, 7) is 12.1. The minimum absolute atomic E-state index is 0. The number of rotatable bonds is 7. The number of piperazine rings is 1. The standard InChI is InChI=1S/C20H34FN5O.HI/c1-6-25-9-11-26(12-10-25)18-8-7-16(13-17(18)21)14-23-19(22-4)24-15-20(2,3)27-5;/h7-8,13H,6,9-12,14-15H2,1-5H3,(H2,22,23,24);1H. The normalized spacial score (nSPS) is 15.9. The van der Waals surface area contributed by atoms with Gasteiger partial charge in [-0.25, -0.2) is 4.39 Å². The van der Waals surface area contributed by atoms with E-state index in [2.05, 4.69) is 32.3 Å². The summed E-state index contributed by atoms with van der Waals surface area (Å²) in [4.78, 5) is 8.72. The maximum atomic E-state index is 14.6. The molecule has 0 saturated carbocycles. The zero-order valence-electron chi connectivity index (χ0n) is 17.7. The third-order valence-electron chi connectivity index (χ3n) is 5.09. The predicted molar refractivity (Wildman–Crippen MR) is 125 cm³/mol. The fourth-order valence-corrected chi connectivity index (χ4v) is 3.00. The van der Waals surface area contributed by atoms with Gasteiger partial charge in [0, 0.05) is 53.4 Å². The first-order chi connectivity index (χ1) is 12.9. The molecule has 0 spiro atoms. The number of guanidine groups is 1. The van der Waals surface area contributed by atoms with Gasteiger partial charge in [0.2, 0.25) is 0 Å². The Morgan fingerprint density at radius 1 is 1.21 bits per heavy atom. The molecular weight excluding hydrogens is 472 g/mol. The number of anilines is 1. The number of hydrogen-bond acceptors (Lipinski definition) is 4.